The average Bonchev–Trinajstić information content (AvgIpc) is 3.24. The number of nitrogens with one attached hydrogen (secondary N) is 2. The zero-order valence-corrected chi connectivity index (χ0v) is 16.0. The van der Waals surface area contributed by atoms with Crippen LogP contribution in [0, 0.1) is 6.92 Å². The molecule has 0 radical (unpaired) electrons. The van der Waals surface area contributed by atoms with E-state index in [0.717, 1.165) is 16.8 Å². The van der Waals surface area contributed by atoms with Crippen molar-refractivity contribution in [1.82, 2.24) is 5.43 Å². The maximum Gasteiger partial charge on any atom is 0.353 e. The molecule has 0 aliphatic carbocycles. The number of rotatable bonds is 7. The normalized spacial score (nSPS) is 10.6. The standard InChI is InChI=1S/C21H19N3O3S/c1-15-4-8-17(9-5-15)22-14-20(25)24-23-13-16-6-10-18(11-7-16)27-21(26)19-3-2-12-28-19/h2-13,22H,14H2,1H3,(H,24,25). The highest BCUT2D eigenvalue weighted by Gasteiger charge is 2.08. The van der Waals surface area contributed by atoms with Gasteiger partial charge in [0.1, 0.15) is 10.6 Å². The number of carbonyl (C=O) groups excluding carboxylic acids is 2. The van der Waals surface area contributed by atoms with Gasteiger partial charge in [-0.1, -0.05) is 23.8 Å². The van der Waals surface area contributed by atoms with Crippen molar-refractivity contribution in [3.8, 4) is 5.75 Å². The van der Waals surface area contributed by atoms with Crippen LogP contribution in [0.3, 0.4) is 0 Å². The van der Waals surface area contributed by atoms with E-state index in [1.54, 1.807) is 36.4 Å². The molecule has 6 nitrogen and oxygen atoms in total. The van der Waals surface area contributed by atoms with Crippen LogP contribution in [0.4, 0.5) is 5.69 Å². The van der Waals surface area contributed by atoms with Crippen LogP contribution in [-0.2, 0) is 4.79 Å². The molecule has 0 fully saturated rings. The first-order chi connectivity index (χ1) is 13.6. The first-order valence-electron chi connectivity index (χ1n) is 8.58. The van der Waals surface area contributed by atoms with Gasteiger partial charge in [0.2, 0.25) is 0 Å². The Hall–Kier alpha value is -3.45. The molecular weight excluding hydrogens is 374 g/mol. The highest BCUT2D eigenvalue weighted by atomic mass is 32.1. The Morgan fingerprint density at radius 3 is 2.50 bits per heavy atom. The van der Waals surface area contributed by atoms with Gasteiger partial charge in [-0.25, -0.2) is 10.2 Å². The van der Waals surface area contributed by atoms with Crippen molar-refractivity contribution in [2.45, 2.75) is 6.92 Å². The van der Waals surface area contributed by atoms with E-state index in [-0.39, 0.29) is 18.4 Å². The smallest absolute Gasteiger partial charge is 0.353 e. The van der Waals surface area contributed by atoms with E-state index in [4.69, 9.17) is 4.74 Å². The van der Waals surface area contributed by atoms with Gasteiger partial charge in [-0.15, -0.1) is 11.3 Å². The van der Waals surface area contributed by atoms with E-state index in [0.29, 0.717) is 10.6 Å². The van der Waals surface area contributed by atoms with Gasteiger partial charge in [0.05, 0.1) is 12.8 Å². The second-order valence-electron chi connectivity index (χ2n) is 5.95. The summed E-state index contributed by atoms with van der Waals surface area (Å²) in [5.41, 5.74) is 5.26. The zero-order chi connectivity index (χ0) is 19.8. The Kier molecular flexibility index (Phi) is 6.54. The fourth-order valence-corrected chi connectivity index (χ4v) is 2.84. The molecular formula is C21H19N3O3S. The summed E-state index contributed by atoms with van der Waals surface area (Å²) in [6.07, 6.45) is 1.52. The summed E-state index contributed by atoms with van der Waals surface area (Å²) >= 11 is 1.33. The molecule has 2 aromatic carbocycles. The molecule has 0 saturated heterocycles. The number of aryl methyl sites for hydroxylation is 1. The van der Waals surface area contributed by atoms with E-state index < -0.39 is 0 Å². The first-order valence-corrected chi connectivity index (χ1v) is 9.46. The van der Waals surface area contributed by atoms with Crippen molar-refractivity contribution in [1.29, 1.82) is 0 Å². The minimum atomic E-state index is -0.384. The van der Waals surface area contributed by atoms with Crippen LogP contribution in [0.5, 0.6) is 5.75 Å². The van der Waals surface area contributed by atoms with Gasteiger partial charge < -0.3 is 10.1 Å². The molecule has 3 aromatic rings. The van der Waals surface area contributed by atoms with Crippen LogP contribution in [0.2, 0.25) is 0 Å². The van der Waals surface area contributed by atoms with Crippen LogP contribution < -0.4 is 15.5 Å². The number of nitrogens with zero attached hydrogens (tertiary/aromatic N) is 1. The van der Waals surface area contributed by atoms with Gasteiger partial charge >= 0.3 is 5.97 Å². The molecule has 0 aliphatic rings. The molecule has 7 heteroatoms. The number of amides is 1. The van der Waals surface area contributed by atoms with Gasteiger partial charge in [-0.2, -0.15) is 5.10 Å². The highest BCUT2D eigenvalue weighted by molar-refractivity contribution is 7.12. The fourth-order valence-electron chi connectivity index (χ4n) is 2.25. The van der Waals surface area contributed by atoms with Crippen LogP contribution in [-0.4, -0.2) is 24.6 Å². The molecule has 1 amide bonds. The largest absolute Gasteiger partial charge is 0.422 e. The van der Waals surface area contributed by atoms with E-state index in [1.165, 1.54) is 17.6 Å². The van der Waals surface area contributed by atoms with Crippen molar-refractivity contribution in [3.05, 3.63) is 82.0 Å². The molecule has 0 saturated carbocycles. The summed E-state index contributed by atoms with van der Waals surface area (Å²) in [7, 11) is 0. The van der Waals surface area contributed by atoms with Gasteiger partial charge in [0.15, 0.2) is 0 Å². The summed E-state index contributed by atoms with van der Waals surface area (Å²) in [4.78, 5) is 24.3. The van der Waals surface area contributed by atoms with Gasteiger partial charge in [0, 0.05) is 5.69 Å². The Labute approximate surface area is 166 Å². The summed E-state index contributed by atoms with van der Waals surface area (Å²) in [5, 5.41) is 8.77. The number of hydrazone groups is 1. The van der Waals surface area contributed by atoms with Crippen molar-refractivity contribution in [2.24, 2.45) is 5.10 Å². The Balaban J connectivity index is 1.44. The van der Waals surface area contributed by atoms with Crippen molar-refractivity contribution in [3.63, 3.8) is 0 Å². The summed E-state index contributed by atoms with van der Waals surface area (Å²) in [5.74, 6) is -0.190. The molecule has 0 spiro atoms. The zero-order valence-electron chi connectivity index (χ0n) is 15.2. The van der Waals surface area contributed by atoms with Crippen molar-refractivity contribution in [2.75, 3.05) is 11.9 Å². The molecule has 3 rings (SSSR count). The fraction of sp³-hybridized carbons (Fsp3) is 0.0952. The Morgan fingerprint density at radius 1 is 1.07 bits per heavy atom. The van der Waals surface area contributed by atoms with Crippen LogP contribution in [0.1, 0.15) is 20.8 Å². The monoisotopic (exact) mass is 393 g/mol. The maximum atomic E-state index is 11.9. The van der Waals surface area contributed by atoms with E-state index >= 15 is 0 Å². The topological polar surface area (TPSA) is 79.8 Å². The number of thiophene rings is 1. The van der Waals surface area contributed by atoms with Crippen molar-refractivity contribution < 1.29 is 14.3 Å². The molecule has 0 atom stereocenters. The predicted octanol–water partition coefficient (Wildman–Crippen LogP) is 3.84. The average molecular weight is 393 g/mol. The lowest BCUT2D eigenvalue weighted by Gasteiger charge is -2.05. The molecule has 1 aromatic heterocycles. The third kappa shape index (κ3) is 5.78. The lowest BCUT2D eigenvalue weighted by molar-refractivity contribution is -0.119. The summed E-state index contributed by atoms with van der Waals surface area (Å²) in [6, 6.07) is 18.1. The second kappa shape index (κ2) is 9.48. The first kappa shape index (κ1) is 19.3. The quantitative estimate of drug-likeness (QED) is 0.277. The van der Waals surface area contributed by atoms with Gasteiger partial charge in [0.25, 0.3) is 5.91 Å². The number of hydrogen-bond acceptors (Lipinski definition) is 6. The Morgan fingerprint density at radius 2 is 1.82 bits per heavy atom. The highest BCUT2D eigenvalue weighted by Crippen LogP contribution is 2.16. The maximum absolute atomic E-state index is 11.9. The molecule has 28 heavy (non-hydrogen) atoms. The van der Waals surface area contributed by atoms with E-state index in [9.17, 15) is 9.59 Å². The van der Waals surface area contributed by atoms with E-state index in [1.807, 2.05) is 36.6 Å². The number of ether oxygens (including phenoxy) is 1. The summed E-state index contributed by atoms with van der Waals surface area (Å²) in [6.45, 7) is 2.13. The number of anilines is 1. The minimum Gasteiger partial charge on any atom is -0.422 e. The van der Waals surface area contributed by atoms with Gasteiger partial charge in [-0.3, -0.25) is 4.79 Å². The number of esters is 1. The lowest BCUT2D eigenvalue weighted by atomic mass is 10.2. The molecule has 0 aliphatic heterocycles. The molecule has 142 valence electrons. The molecule has 2 N–H and O–H groups in total. The van der Waals surface area contributed by atoms with Crippen LogP contribution >= 0.6 is 11.3 Å². The lowest BCUT2D eigenvalue weighted by Crippen LogP contribution is -2.25. The van der Waals surface area contributed by atoms with E-state index in [2.05, 4.69) is 15.8 Å². The number of hydrogen-bond donors (Lipinski definition) is 2. The minimum absolute atomic E-state index is 0.123. The third-order valence-corrected chi connectivity index (χ3v) is 4.57. The van der Waals surface area contributed by atoms with Gasteiger partial charge in [-0.05, 0) is 60.3 Å². The Bertz CT molecular complexity index is 950. The summed E-state index contributed by atoms with van der Waals surface area (Å²) < 4.78 is 5.29. The van der Waals surface area contributed by atoms with Crippen LogP contribution in [0.25, 0.3) is 0 Å². The number of benzene rings is 2. The molecule has 1 heterocycles. The third-order valence-electron chi connectivity index (χ3n) is 3.72. The molecule has 0 bridgehead atoms. The second-order valence-corrected chi connectivity index (χ2v) is 6.90. The number of carbonyl (C=O) groups is 2. The van der Waals surface area contributed by atoms with Crippen molar-refractivity contribution >= 4 is 35.1 Å². The van der Waals surface area contributed by atoms with Crippen LogP contribution in [0.15, 0.2) is 71.1 Å². The molecule has 0 unspecified atom stereocenters. The predicted molar refractivity (Wildman–Crippen MR) is 111 cm³/mol. The SMILES string of the molecule is Cc1ccc(NCC(=O)NN=Cc2ccc(OC(=O)c3cccs3)cc2)cc1.